The van der Waals surface area contributed by atoms with E-state index in [4.69, 9.17) is 14.2 Å². The highest BCUT2D eigenvalue weighted by Crippen LogP contribution is 2.40. The van der Waals surface area contributed by atoms with Crippen molar-refractivity contribution in [2.24, 2.45) is 5.41 Å². The van der Waals surface area contributed by atoms with E-state index in [9.17, 15) is 0 Å². The summed E-state index contributed by atoms with van der Waals surface area (Å²) >= 11 is 0. The van der Waals surface area contributed by atoms with Gasteiger partial charge in [-0.25, -0.2) is 0 Å². The molecule has 0 aromatic carbocycles. The van der Waals surface area contributed by atoms with Crippen LogP contribution in [0, 0.1) is 5.41 Å². The summed E-state index contributed by atoms with van der Waals surface area (Å²) < 4.78 is 17.4. The molecule has 2 aliphatic rings. The first-order valence-electron chi connectivity index (χ1n) is 8.18. The molecule has 0 spiro atoms. The molecule has 2 saturated heterocycles. The quantitative estimate of drug-likeness (QED) is 0.804. The molecule has 3 rings (SSSR count). The van der Waals surface area contributed by atoms with Crippen LogP contribution >= 0.6 is 0 Å². The van der Waals surface area contributed by atoms with E-state index in [1.807, 2.05) is 12.1 Å². The molecule has 2 fully saturated rings. The van der Waals surface area contributed by atoms with Gasteiger partial charge in [0.25, 0.3) is 0 Å². The molecule has 3 heterocycles. The predicted octanol–water partition coefficient (Wildman–Crippen LogP) is 1.98. The lowest BCUT2D eigenvalue weighted by atomic mass is 9.73. The fraction of sp³-hybridized carbons (Fsp3) is 0.706. The molecule has 0 amide bonds. The average molecular weight is 306 g/mol. The average Bonchev–Trinajstić information content (AvgIpc) is 2.59. The molecular formula is C17H26N2O3. The smallest absolute Gasteiger partial charge is 0.137 e. The zero-order valence-electron chi connectivity index (χ0n) is 13.4. The topological polar surface area (TPSA) is 43.8 Å². The van der Waals surface area contributed by atoms with Gasteiger partial charge in [0.1, 0.15) is 5.75 Å². The number of pyridine rings is 1. The largest absolute Gasteiger partial charge is 0.491 e. The SMILES string of the molecule is COCCN1CC[C@H]2OCCC[C@]2(COc2cccnc2)C1. The van der Waals surface area contributed by atoms with E-state index in [2.05, 4.69) is 9.88 Å². The van der Waals surface area contributed by atoms with E-state index in [1.54, 1.807) is 19.5 Å². The Morgan fingerprint density at radius 3 is 3.27 bits per heavy atom. The minimum Gasteiger partial charge on any atom is -0.491 e. The fourth-order valence-corrected chi connectivity index (χ4v) is 3.66. The van der Waals surface area contributed by atoms with Crippen molar-refractivity contribution in [1.82, 2.24) is 9.88 Å². The molecule has 1 aromatic rings. The van der Waals surface area contributed by atoms with Crippen molar-refractivity contribution >= 4 is 0 Å². The van der Waals surface area contributed by atoms with Gasteiger partial charge in [-0.3, -0.25) is 4.98 Å². The van der Waals surface area contributed by atoms with Crippen LogP contribution in [-0.2, 0) is 9.47 Å². The number of methoxy groups -OCH3 is 1. The van der Waals surface area contributed by atoms with Crippen molar-refractivity contribution < 1.29 is 14.2 Å². The normalized spacial score (nSPS) is 29.0. The number of nitrogens with zero attached hydrogens (tertiary/aromatic N) is 2. The third-order valence-corrected chi connectivity index (χ3v) is 4.84. The van der Waals surface area contributed by atoms with Crippen LogP contribution in [0.4, 0.5) is 0 Å². The van der Waals surface area contributed by atoms with Gasteiger partial charge in [-0.2, -0.15) is 0 Å². The molecule has 122 valence electrons. The maximum atomic E-state index is 6.07. The van der Waals surface area contributed by atoms with Crippen LogP contribution in [0.15, 0.2) is 24.5 Å². The Labute approximate surface area is 132 Å². The lowest BCUT2D eigenvalue weighted by molar-refractivity contribution is -0.140. The fourth-order valence-electron chi connectivity index (χ4n) is 3.66. The third-order valence-electron chi connectivity index (χ3n) is 4.84. The molecule has 0 unspecified atom stereocenters. The molecule has 5 heteroatoms. The van der Waals surface area contributed by atoms with Gasteiger partial charge in [-0.05, 0) is 31.4 Å². The van der Waals surface area contributed by atoms with Gasteiger partial charge in [-0.1, -0.05) is 0 Å². The van der Waals surface area contributed by atoms with Crippen LogP contribution < -0.4 is 4.74 Å². The van der Waals surface area contributed by atoms with Crippen molar-refractivity contribution in [3.05, 3.63) is 24.5 Å². The third kappa shape index (κ3) is 3.59. The zero-order chi connectivity index (χ0) is 15.3. The molecule has 5 nitrogen and oxygen atoms in total. The standard InChI is InChI=1S/C17H26N2O3/c1-20-11-9-19-8-5-16-17(13-19,6-3-10-21-16)14-22-15-4-2-7-18-12-15/h2,4,7,12,16H,3,5-6,8-11,13-14H2,1H3/t16-,17-/m1/s1. The van der Waals surface area contributed by atoms with Crippen molar-refractivity contribution in [3.8, 4) is 5.75 Å². The van der Waals surface area contributed by atoms with Gasteiger partial charge in [0, 0.05) is 45.0 Å². The maximum Gasteiger partial charge on any atom is 0.137 e. The second-order valence-corrected chi connectivity index (χ2v) is 6.36. The monoisotopic (exact) mass is 306 g/mol. The first-order chi connectivity index (χ1) is 10.8. The summed E-state index contributed by atoms with van der Waals surface area (Å²) in [5, 5.41) is 0. The van der Waals surface area contributed by atoms with E-state index in [0.29, 0.717) is 12.7 Å². The van der Waals surface area contributed by atoms with E-state index in [1.165, 1.54) is 6.42 Å². The number of hydrogen-bond donors (Lipinski definition) is 0. The molecule has 0 N–H and O–H groups in total. The first-order valence-corrected chi connectivity index (χ1v) is 8.18. The number of aromatic nitrogens is 1. The summed E-state index contributed by atoms with van der Waals surface area (Å²) in [7, 11) is 1.76. The zero-order valence-corrected chi connectivity index (χ0v) is 13.4. The van der Waals surface area contributed by atoms with Crippen LogP contribution in [0.5, 0.6) is 5.75 Å². The first kappa shape index (κ1) is 15.7. The molecule has 2 atom stereocenters. The Kier molecular flexibility index (Phi) is 5.28. The van der Waals surface area contributed by atoms with Crippen LogP contribution in [0.25, 0.3) is 0 Å². The number of fused-ring (bicyclic) bond motifs is 1. The summed E-state index contributed by atoms with van der Waals surface area (Å²) in [4.78, 5) is 6.61. The minimum absolute atomic E-state index is 0.0973. The number of likely N-dealkylation sites (tertiary alicyclic amines) is 1. The summed E-state index contributed by atoms with van der Waals surface area (Å²) in [6.45, 7) is 5.47. The second-order valence-electron chi connectivity index (χ2n) is 6.36. The van der Waals surface area contributed by atoms with Gasteiger partial charge in [0.15, 0.2) is 0 Å². The highest BCUT2D eigenvalue weighted by atomic mass is 16.5. The van der Waals surface area contributed by atoms with Crippen molar-refractivity contribution in [2.45, 2.75) is 25.4 Å². The number of rotatable bonds is 6. The van der Waals surface area contributed by atoms with Gasteiger partial charge < -0.3 is 19.1 Å². The van der Waals surface area contributed by atoms with Gasteiger partial charge in [0.05, 0.1) is 25.5 Å². The lowest BCUT2D eigenvalue weighted by Gasteiger charge is -2.50. The highest BCUT2D eigenvalue weighted by Gasteiger charge is 2.46. The van der Waals surface area contributed by atoms with E-state index in [0.717, 1.165) is 51.4 Å². The van der Waals surface area contributed by atoms with Gasteiger partial charge in [0.2, 0.25) is 0 Å². The second kappa shape index (κ2) is 7.40. The van der Waals surface area contributed by atoms with Gasteiger partial charge >= 0.3 is 0 Å². The van der Waals surface area contributed by atoms with Crippen LogP contribution in [0.1, 0.15) is 19.3 Å². The Morgan fingerprint density at radius 2 is 2.45 bits per heavy atom. The molecule has 1 aromatic heterocycles. The maximum absolute atomic E-state index is 6.07. The van der Waals surface area contributed by atoms with Crippen LogP contribution in [-0.4, -0.2) is 62.6 Å². The summed E-state index contributed by atoms with van der Waals surface area (Å²) in [6, 6.07) is 3.88. The minimum atomic E-state index is 0.0973. The van der Waals surface area contributed by atoms with Crippen molar-refractivity contribution in [2.75, 3.05) is 46.6 Å². The Bertz CT molecular complexity index is 456. The molecular weight excluding hydrogens is 280 g/mol. The van der Waals surface area contributed by atoms with Crippen molar-refractivity contribution in [3.63, 3.8) is 0 Å². The van der Waals surface area contributed by atoms with Gasteiger partial charge in [-0.15, -0.1) is 0 Å². The highest BCUT2D eigenvalue weighted by molar-refractivity contribution is 5.16. The van der Waals surface area contributed by atoms with Crippen molar-refractivity contribution in [1.29, 1.82) is 0 Å². The molecule has 0 saturated carbocycles. The molecule has 0 aliphatic carbocycles. The molecule has 22 heavy (non-hydrogen) atoms. The summed E-state index contributed by atoms with van der Waals surface area (Å²) in [6.07, 6.45) is 7.23. The Balaban J connectivity index is 1.66. The molecule has 0 bridgehead atoms. The van der Waals surface area contributed by atoms with Crippen LogP contribution in [0.3, 0.4) is 0 Å². The van der Waals surface area contributed by atoms with E-state index >= 15 is 0 Å². The van der Waals surface area contributed by atoms with E-state index < -0.39 is 0 Å². The summed E-state index contributed by atoms with van der Waals surface area (Å²) in [5.41, 5.74) is 0.0973. The summed E-state index contributed by atoms with van der Waals surface area (Å²) in [5.74, 6) is 0.843. The van der Waals surface area contributed by atoms with Crippen LogP contribution in [0.2, 0.25) is 0 Å². The Morgan fingerprint density at radius 1 is 1.50 bits per heavy atom. The number of piperidine rings is 1. The van der Waals surface area contributed by atoms with E-state index in [-0.39, 0.29) is 5.41 Å². The molecule has 2 aliphatic heterocycles. The number of hydrogen-bond acceptors (Lipinski definition) is 5. The number of ether oxygens (including phenoxy) is 3. The Hall–Kier alpha value is -1.17. The predicted molar refractivity (Wildman–Crippen MR) is 84.1 cm³/mol. The lowest BCUT2D eigenvalue weighted by Crippen LogP contribution is -2.57. The molecule has 0 radical (unpaired) electrons.